The van der Waals surface area contributed by atoms with Crippen LogP contribution in [0.3, 0.4) is 0 Å². The Morgan fingerprint density at radius 2 is 1.75 bits per heavy atom. The predicted octanol–water partition coefficient (Wildman–Crippen LogP) is 2.77. The third-order valence-corrected chi connectivity index (χ3v) is 5.96. The Hall–Kier alpha value is -2.08. The maximum atomic E-state index is 11.7. The summed E-state index contributed by atoms with van der Waals surface area (Å²) in [6.45, 7) is 6.49. The first-order valence-electron chi connectivity index (χ1n) is 10.7. The Morgan fingerprint density at radius 1 is 1.07 bits per heavy atom. The van der Waals surface area contributed by atoms with E-state index in [0.717, 1.165) is 55.7 Å². The minimum atomic E-state index is 0.155. The molecular weight excluding hydrogens is 350 g/mol. The maximum Gasteiger partial charge on any atom is 0.219 e. The van der Waals surface area contributed by atoms with Gasteiger partial charge in [0.05, 0.1) is 6.67 Å². The molecule has 1 aromatic carbocycles. The summed E-state index contributed by atoms with van der Waals surface area (Å²) in [5.41, 5.74) is 2.21. The lowest BCUT2D eigenvalue weighted by atomic mass is 9.89. The number of benzene rings is 1. The molecule has 154 valence electrons. The van der Waals surface area contributed by atoms with Gasteiger partial charge in [0.15, 0.2) is 0 Å². The van der Waals surface area contributed by atoms with Gasteiger partial charge in [0.2, 0.25) is 5.91 Å². The Kier molecular flexibility index (Phi) is 7.71. The van der Waals surface area contributed by atoms with E-state index in [4.69, 9.17) is 4.99 Å². The van der Waals surface area contributed by atoms with Crippen molar-refractivity contribution in [3.63, 3.8) is 0 Å². The highest BCUT2D eigenvalue weighted by Crippen LogP contribution is 2.23. The topological polar surface area (TPSA) is 60.0 Å². The first-order chi connectivity index (χ1) is 13.7. The molecule has 0 bridgehead atoms. The number of amidine groups is 1. The molecular formula is C22H35N5O. The zero-order chi connectivity index (χ0) is 19.8. The van der Waals surface area contributed by atoms with Crippen molar-refractivity contribution in [1.29, 1.82) is 0 Å². The predicted molar refractivity (Wildman–Crippen MR) is 116 cm³/mol. The summed E-state index contributed by atoms with van der Waals surface area (Å²) in [6.07, 6.45) is 6.83. The minimum absolute atomic E-state index is 0.155. The zero-order valence-corrected chi connectivity index (χ0v) is 17.4. The van der Waals surface area contributed by atoms with Crippen LogP contribution in [0.25, 0.3) is 0 Å². The first-order valence-corrected chi connectivity index (χ1v) is 10.7. The second-order valence-electron chi connectivity index (χ2n) is 7.89. The SMILES string of the molecule is CNc1ccccc1/C(=N\CNCC1CCCCC1)N1CCN(C(C)=O)CC1. The highest BCUT2D eigenvalue weighted by molar-refractivity contribution is 6.03. The quantitative estimate of drug-likeness (QED) is 0.449. The molecule has 1 amide bonds. The van der Waals surface area contributed by atoms with Crippen LogP contribution in [0, 0.1) is 5.92 Å². The van der Waals surface area contributed by atoms with Crippen molar-refractivity contribution in [1.82, 2.24) is 15.1 Å². The van der Waals surface area contributed by atoms with E-state index in [1.807, 2.05) is 18.0 Å². The van der Waals surface area contributed by atoms with Crippen LogP contribution in [0.2, 0.25) is 0 Å². The minimum Gasteiger partial charge on any atom is -0.388 e. The number of nitrogens with zero attached hydrogens (tertiary/aromatic N) is 3. The number of rotatable bonds is 6. The van der Waals surface area contributed by atoms with Gasteiger partial charge in [0.1, 0.15) is 5.84 Å². The molecule has 0 atom stereocenters. The molecule has 28 heavy (non-hydrogen) atoms. The summed E-state index contributed by atoms with van der Waals surface area (Å²) in [5.74, 6) is 1.98. The lowest BCUT2D eigenvalue weighted by Gasteiger charge is -2.36. The van der Waals surface area contributed by atoms with Crippen LogP contribution < -0.4 is 10.6 Å². The monoisotopic (exact) mass is 385 g/mol. The van der Waals surface area contributed by atoms with Crippen molar-refractivity contribution in [2.45, 2.75) is 39.0 Å². The summed E-state index contributed by atoms with van der Waals surface area (Å²) in [7, 11) is 1.95. The van der Waals surface area contributed by atoms with Crippen molar-refractivity contribution in [3.8, 4) is 0 Å². The molecule has 1 aromatic rings. The molecule has 0 radical (unpaired) electrons. The number of carbonyl (C=O) groups excluding carboxylic acids is 1. The van der Waals surface area contributed by atoms with Gasteiger partial charge in [-0.1, -0.05) is 31.4 Å². The second-order valence-corrected chi connectivity index (χ2v) is 7.89. The van der Waals surface area contributed by atoms with Crippen LogP contribution >= 0.6 is 0 Å². The van der Waals surface area contributed by atoms with Crippen LogP contribution in [0.4, 0.5) is 5.69 Å². The van der Waals surface area contributed by atoms with Crippen molar-refractivity contribution in [2.24, 2.45) is 10.9 Å². The van der Waals surface area contributed by atoms with Gasteiger partial charge in [-0.15, -0.1) is 0 Å². The van der Waals surface area contributed by atoms with Crippen LogP contribution in [0.5, 0.6) is 0 Å². The Labute approximate surface area is 169 Å². The number of aliphatic imine (C=N–C) groups is 1. The number of carbonyl (C=O) groups is 1. The van der Waals surface area contributed by atoms with Crippen LogP contribution in [0.15, 0.2) is 29.3 Å². The average molecular weight is 386 g/mol. The molecule has 1 saturated carbocycles. The van der Waals surface area contributed by atoms with E-state index in [1.165, 1.54) is 32.1 Å². The molecule has 0 spiro atoms. The Balaban J connectivity index is 1.68. The second kappa shape index (κ2) is 10.5. The molecule has 6 heteroatoms. The van der Waals surface area contributed by atoms with Gasteiger partial charge in [-0.25, -0.2) is 0 Å². The first kappa shape index (κ1) is 20.6. The van der Waals surface area contributed by atoms with E-state index < -0.39 is 0 Å². The fourth-order valence-electron chi connectivity index (χ4n) is 4.28. The maximum absolute atomic E-state index is 11.7. The van der Waals surface area contributed by atoms with Gasteiger partial charge < -0.3 is 15.1 Å². The van der Waals surface area contributed by atoms with Gasteiger partial charge in [-0.05, 0) is 37.4 Å². The highest BCUT2D eigenvalue weighted by Gasteiger charge is 2.23. The average Bonchev–Trinajstić information content (AvgIpc) is 2.75. The summed E-state index contributed by atoms with van der Waals surface area (Å²) in [4.78, 5) is 20.9. The molecule has 1 saturated heterocycles. The fraction of sp³-hybridized carbons (Fsp3) is 0.636. The number of hydrogen-bond acceptors (Lipinski definition) is 4. The smallest absolute Gasteiger partial charge is 0.219 e. The standard InChI is InChI=1S/C22H35N5O/c1-18(28)26-12-14-27(15-13-26)22(20-10-6-7-11-21(20)23-2)25-17-24-16-19-8-4-3-5-9-19/h6-7,10-11,19,23-24H,3-5,8-9,12-17H2,1-2H3/b25-22+. The van der Waals surface area contributed by atoms with Gasteiger partial charge in [0.25, 0.3) is 0 Å². The van der Waals surface area contributed by atoms with Gasteiger partial charge in [-0.2, -0.15) is 0 Å². The van der Waals surface area contributed by atoms with E-state index >= 15 is 0 Å². The number of para-hydroxylation sites is 1. The van der Waals surface area contributed by atoms with Crippen LogP contribution in [-0.2, 0) is 4.79 Å². The van der Waals surface area contributed by atoms with Gasteiger partial charge >= 0.3 is 0 Å². The lowest BCUT2D eigenvalue weighted by Crippen LogP contribution is -2.50. The summed E-state index contributed by atoms with van der Waals surface area (Å²) >= 11 is 0. The highest BCUT2D eigenvalue weighted by atomic mass is 16.2. The molecule has 6 nitrogen and oxygen atoms in total. The van der Waals surface area contributed by atoms with Crippen molar-refractivity contribution < 1.29 is 4.79 Å². The van der Waals surface area contributed by atoms with E-state index in [2.05, 4.69) is 33.7 Å². The number of amides is 1. The van der Waals surface area contributed by atoms with Gasteiger partial charge in [-0.3, -0.25) is 15.1 Å². The van der Waals surface area contributed by atoms with E-state index in [-0.39, 0.29) is 5.91 Å². The van der Waals surface area contributed by atoms with Crippen molar-refractivity contribution in [2.75, 3.05) is 51.8 Å². The third-order valence-electron chi connectivity index (χ3n) is 5.96. The molecule has 3 rings (SSSR count). The van der Waals surface area contributed by atoms with Crippen molar-refractivity contribution in [3.05, 3.63) is 29.8 Å². The molecule has 0 unspecified atom stereocenters. The summed E-state index contributed by atoms with van der Waals surface area (Å²) in [6, 6.07) is 8.32. The van der Waals surface area contributed by atoms with E-state index in [9.17, 15) is 4.79 Å². The van der Waals surface area contributed by atoms with Crippen molar-refractivity contribution >= 4 is 17.4 Å². The molecule has 2 N–H and O–H groups in total. The number of nitrogens with one attached hydrogen (secondary N) is 2. The largest absolute Gasteiger partial charge is 0.388 e. The number of piperazine rings is 1. The third kappa shape index (κ3) is 5.47. The van der Waals surface area contributed by atoms with Crippen LogP contribution in [0.1, 0.15) is 44.6 Å². The molecule has 1 aliphatic carbocycles. The number of anilines is 1. The number of hydrogen-bond donors (Lipinski definition) is 2. The molecule has 1 aliphatic heterocycles. The van der Waals surface area contributed by atoms with Crippen LogP contribution in [-0.4, -0.2) is 68.0 Å². The fourth-order valence-corrected chi connectivity index (χ4v) is 4.28. The van der Waals surface area contributed by atoms with E-state index in [0.29, 0.717) is 6.67 Å². The normalized spacial score (nSPS) is 19.0. The zero-order valence-electron chi connectivity index (χ0n) is 17.4. The lowest BCUT2D eigenvalue weighted by molar-refractivity contribution is -0.130. The molecule has 0 aromatic heterocycles. The molecule has 1 heterocycles. The van der Waals surface area contributed by atoms with Gasteiger partial charge in [0, 0.05) is 51.4 Å². The Bertz CT molecular complexity index is 661. The summed E-state index contributed by atoms with van der Waals surface area (Å²) in [5, 5.41) is 6.85. The molecule has 2 fully saturated rings. The van der Waals surface area contributed by atoms with E-state index in [1.54, 1.807) is 6.92 Å². The summed E-state index contributed by atoms with van der Waals surface area (Å²) < 4.78 is 0. The molecule has 2 aliphatic rings. The Morgan fingerprint density at radius 3 is 2.43 bits per heavy atom.